The molecule has 0 fully saturated rings. The van der Waals surface area contributed by atoms with Crippen molar-refractivity contribution >= 4 is 12.1 Å². The lowest BCUT2D eigenvalue weighted by atomic mass is 10.00. The standard InChI is InChI=1S/C18H20N2O2/c1-13-9-10-16(15(3)14(13)2)11-19-20-18(21)12-22-17-7-5-4-6-8-17/h4-11H,12H2,1-3H3,(H,20,21)/b19-11-. The molecule has 4 nitrogen and oxygen atoms in total. The number of nitrogens with zero attached hydrogens (tertiary/aromatic N) is 1. The Morgan fingerprint density at radius 3 is 2.55 bits per heavy atom. The number of hydrazone groups is 1. The first-order chi connectivity index (χ1) is 10.6. The van der Waals surface area contributed by atoms with Gasteiger partial charge in [-0.25, -0.2) is 5.43 Å². The molecule has 0 aromatic heterocycles. The zero-order valence-electron chi connectivity index (χ0n) is 13.1. The normalized spacial score (nSPS) is 10.7. The summed E-state index contributed by atoms with van der Waals surface area (Å²) in [6, 6.07) is 13.2. The van der Waals surface area contributed by atoms with E-state index in [0.29, 0.717) is 5.75 Å². The molecule has 0 atom stereocenters. The maximum atomic E-state index is 11.7. The number of para-hydroxylation sites is 1. The number of nitrogens with one attached hydrogen (secondary N) is 1. The number of aryl methyl sites for hydroxylation is 1. The second-order valence-corrected chi connectivity index (χ2v) is 5.12. The van der Waals surface area contributed by atoms with Crippen LogP contribution in [-0.4, -0.2) is 18.7 Å². The van der Waals surface area contributed by atoms with Crippen molar-refractivity contribution in [3.05, 3.63) is 64.7 Å². The molecule has 2 aromatic carbocycles. The molecule has 0 saturated carbocycles. The Hall–Kier alpha value is -2.62. The fraction of sp³-hybridized carbons (Fsp3) is 0.222. The van der Waals surface area contributed by atoms with Crippen molar-refractivity contribution in [3.8, 4) is 5.75 Å². The molecule has 1 N–H and O–H groups in total. The van der Waals surface area contributed by atoms with Crippen molar-refractivity contribution in [2.45, 2.75) is 20.8 Å². The number of hydrogen-bond donors (Lipinski definition) is 1. The van der Waals surface area contributed by atoms with E-state index in [-0.39, 0.29) is 12.5 Å². The largest absolute Gasteiger partial charge is 0.484 e. The summed E-state index contributed by atoms with van der Waals surface area (Å²) < 4.78 is 5.34. The van der Waals surface area contributed by atoms with E-state index in [9.17, 15) is 4.79 Å². The predicted molar refractivity (Wildman–Crippen MR) is 88.3 cm³/mol. The molecule has 4 heteroatoms. The average molecular weight is 296 g/mol. The third-order valence-corrected chi connectivity index (χ3v) is 3.61. The number of amides is 1. The van der Waals surface area contributed by atoms with E-state index in [1.54, 1.807) is 18.3 Å². The van der Waals surface area contributed by atoms with Crippen LogP contribution in [0.15, 0.2) is 47.6 Å². The van der Waals surface area contributed by atoms with E-state index >= 15 is 0 Å². The first kappa shape index (κ1) is 15.8. The maximum Gasteiger partial charge on any atom is 0.277 e. The molecule has 0 radical (unpaired) electrons. The SMILES string of the molecule is Cc1ccc(/C=N\NC(=O)COc2ccccc2)c(C)c1C. The highest BCUT2D eigenvalue weighted by atomic mass is 16.5. The van der Waals surface area contributed by atoms with Crippen molar-refractivity contribution in [3.63, 3.8) is 0 Å². The summed E-state index contributed by atoms with van der Waals surface area (Å²) in [4.78, 5) is 11.7. The molecule has 0 unspecified atom stereocenters. The van der Waals surface area contributed by atoms with Crippen LogP contribution in [-0.2, 0) is 4.79 Å². The second kappa shape index (κ2) is 7.41. The highest BCUT2D eigenvalue weighted by Crippen LogP contribution is 2.15. The number of benzene rings is 2. The van der Waals surface area contributed by atoms with E-state index in [4.69, 9.17) is 4.74 Å². The molecule has 1 amide bonds. The molecular formula is C18H20N2O2. The predicted octanol–water partition coefficient (Wildman–Crippen LogP) is 3.14. The van der Waals surface area contributed by atoms with Crippen molar-refractivity contribution in [2.75, 3.05) is 6.61 Å². The van der Waals surface area contributed by atoms with Crippen molar-refractivity contribution in [1.82, 2.24) is 5.43 Å². The number of hydrogen-bond acceptors (Lipinski definition) is 3. The van der Waals surface area contributed by atoms with Crippen LogP contribution in [0.5, 0.6) is 5.75 Å². The van der Waals surface area contributed by atoms with Crippen LogP contribution >= 0.6 is 0 Å². The Morgan fingerprint density at radius 1 is 1.09 bits per heavy atom. The maximum absolute atomic E-state index is 11.7. The molecule has 0 saturated heterocycles. The fourth-order valence-corrected chi connectivity index (χ4v) is 1.99. The number of rotatable bonds is 5. The van der Waals surface area contributed by atoms with Gasteiger partial charge in [0.15, 0.2) is 6.61 Å². The van der Waals surface area contributed by atoms with Gasteiger partial charge in [0.2, 0.25) is 0 Å². The molecular weight excluding hydrogens is 276 g/mol. The average Bonchev–Trinajstić information content (AvgIpc) is 2.54. The quantitative estimate of drug-likeness (QED) is 0.680. The van der Waals surface area contributed by atoms with Crippen LogP contribution in [0, 0.1) is 20.8 Å². The van der Waals surface area contributed by atoms with Gasteiger partial charge >= 0.3 is 0 Å². The lowest BCUT2D eigenvalue weighted by molar-refractivity contribution is -0.123. The van der Waals surface area contributed by atoms with E-state index in [1.807, 2.05) is 37.3 Å². The fourth-order valence-electron chi connectivity index (χ4n) is 1.99. The monoisotopic (exact) mass is 296 g/mol. The highest BCUT2D eigenvalue weighted by molar-refractivity contribution is 5.84. The molecule has 0 bridgehead atoms. The molecule has 0 heterocycles. The van der Waals surface area contributed by atoms with Crippen LogP contribution in [0.1, 0.15) is 22.3 Å². The number of carbonyl (C=O) groups is 1. The minimum atomic E-state index is -0.290. The van der Waals surface area contributed by atoms with E-state index in [2.05, 4.69) is 24.4 Å². The number of carbonyl (C=O) groups excluding carboxylic acids is 1. The third kappa shape index (κ3) is 4.19. The van der Waals surface area contributed by atoms with Gasteiger partial charge in [0.25, 0.3) is 5.91 Å². The van der Waals surface area contributed by atoms with Gasteiger partial charge in [-0.2, -0.15) is 5.10 Å². The highest BCUT2D eigenvalue weighted by Gasteiger charge is 2.03. The Morgan fingerprint density at radius 2 is 1.82 bits per heavy atom. The number of ether oxygens (including phenoxy) is 1. The van der Waals surface area contributed by atoms with Gasteiger partial charge in [-0.1, -0.05) is 30.3 Å². The van der Waals surface area contributed by atoms with E-state index in [1.165, 1.54) is 16.7 Å². The first-order valence-corrected chi connectivity index (χ1v) is 7.14. The second-order valence-electron chi connectivity index (χ2n) is 5.12. The summed E-state index contributed by atoms with van der Waals surface area (Å²) in [6.45, 7) is 6.14. The molecule has 0 spiro atoms. The zero-order valence-corrected chi connectivity index (χ0v) is 13.1. The summed E-state index contributed by atoms with van der Waals surface area (Å²) in [7, 11) is 0. The van der Waals surface area contributed by atoms with Gasteiger partial charge < -0.3 is 4.74 Å². The van der Waals surface area contributed by atoms with Gasteiger partial charge in [0.1, 0.15) is 5.75 Å². The minimum absolute atomic E-state index is 0.0622. The molecule has 22 heavy (non-hydrogen) atoms. The summed E-state index contributed by atoms with van der Waals surface area (Å²) in [5.74, 6) is 0.369. The Bertz CT molecular complexity index is 679. The zero-order chi connectivity index (χ0) is 15.9. The topological polar surface area (TPSA) is 50.7 Å². The van der Waals surface area contributed by atoms with Crippen LogP contribution in [0.3, 0.4) is 0 Å². The van der Waals surface area contributed by atoms with Crippen molar-refractivity contribution in [2.24, 2.45) is 5.10 Å². The van der Waals surface area contributed by atoms with Crippen LogP contribution in [0.4, 0.5) is 0 Å². The Kier molecular flexibility index (Phi) is 5.31. The van der Waals surface area contributed by atoms with Crippen LogP contribution < -0.4 is 10.2 Å². The molecule has 0 aliphatic heterocycles. The molecule has 0 aliphatic rings. The molecule has 114 valence electrons. The van der Waals surface area contributed by atoms with Gasteiger partial charge in [0, 0.05) is 0 Å². The summed E-state index contributed by atoms with van der Waals surface area (Å²) in [5.41, 5.74) is 7.11. The minimum Gasteiger partial charge on any atom is -0.484 e. The third-order valence-electron chi connectivity index (χ3n) is 3.61. The van der Waals surface area contributed by atoms with Crippen LogP contribution in [0.2, 0.25) is 0 Å². The van der Waals surface area contributed by atoms with Crippen molar-refractivity contribution in [1.29, 1.82) is 0 Å². The van der Waals surface area contributed by atoms with Crippen molar-refractivity contribution < 1.29 is 9.53 Å². The lowest BCUT2D eigenvalue weighted by Crippen LogP contribution is -2.24. The lowest BCUT2D eigenvalue weighted by Gasteiger charge is -2.07. The van der Waals surface area contributed by atoms with E-state index in [0.717, 1.165) is 5.56 Å². The van der Waals surface area contributed by atoms with Gasteiger partial charge in [-0.05, 0) is 55.2 Å². The van der Waals surface area contributed by atoms with Gasteiger partial charge in [0.05, 0.1) is 6.21 Å². The summed E-state index contributed by atoms with van der Waals surface area (Å²) in [6.07, 6.45) is 1.65. The van der Waals surface area contributed by atoms with Gasteiger partial charge in [-0.15, -0.1) is 0 Å². The Balaban J connectivity index is 1.87. The Labute approximate surface area is 130 Å². The van der Waals surface area contributed by atoms with Crippen LogP contribution in [0.25, 0.3) is 0 Å². The molecule has 2 aromatic rings. The molecule has 2 rings (SSSR count). The summed E-state index contributed by atoms with van der Waals surface area (Å²) >= 11 is 0. The van der Waals surface area contributed by atoms with Gasteiger partial charge in [-0.3, -0.25) is 4.79 Å². The smallest absolute Gasteiger partial charge is 0.277 e. The first-order valence-electron chi connectivity index (χ1n) is 7.14. The summed E-state index contributed by atoms with van der Waals surface area (Å²) in [5, 5.41) is 3.98. The molecule has 0 aliphatic carbocycles. The van der Waals surface area contributed by atoms with E-state index < -0.39 is 0 Å².